The van der Waals surface area contributed by atoms with E-state index in [1.54, 1.807) is 0 Å². The molecule has 0 aliphatic carbocycles. The van der Waals surface area contributed by atoms with Crippen molar-refractivity contribution in [3.05, 3.63) is 36.0 Å². The fourth-order valence-corrected chi connectivity index (χ4v) is 1.51. The van der Waals surface area contributed by atoms with Gasteiger partial charge in [0.15, 0.2) is 0 Å². The summed E-state index contributed by atoms with van der Waals surface area (Å²) in [4.78, 5) is 11.8. The third kappa shape index (κ3) is 4.80. The van der Waals surface area contributed by atoms with E-state index in [9.17, 15) is 18.0 Å². The Hall–Kier alpha value is -2.00. The highest BCUT2D eigenvalue weighted by atomic mass is 35.5. The number of nitrogens with one attached hydrogen (secondary N) is 1. The normalized spacial score (nSPS) is 11.0. The van der Waals surface area contributed by atoms with Crippen LogP contribution in [0.25, 0.3) is 0 Å². The number of nitrogens with two attached hydrogens (primary N) is 1. The van der Waals surface area contributed by atoms with E-state index >= 15 is 0 Å². The first-order valence-electron chi connectivity index (χ1n) is 5.55. The highest BCUT2D eigenvalue weighted by Crippen LogP contribution is 2.18. The summed E-state index contributed by atoms with van der Waals surface area (Å²) in [7, 11) is 0. The first kappa shape index (κ1) is 17.1. The molecule has 3 N–H and O–H groups in total. The van der Waals surface area contributed by atoms with Crippen LogP contribution in [0.2, 0.25) is 0 Å². The predicted molar refractivity (Wildman–Crippen MR) is 70.1 cm³/mol. The second-order valence-corrected chi connectivity index (χ2v) is 4.00. The van der Waals surface area contributed by atoms with Gasteiger partial charge >= 0.3 is 6.18 Å². The number of amides is 1. The summed E-state index contributed by atoms with van der Waals surface area (Å²) < 4.78 is 42.1. The smallest absolute Gasteiger partial charge is 0.408 e. The van der Waals surface area contributed by atoms with Gasteiger partial charge in [-0.05, 0) is 6.07 Å². The summed E-state index contributed by atoms with van der Waals surface area (Å²) in [5, 5.41) is 5.92. The van der Waals surface area contributed by atoms with Crippen molar-refractivity contribution in [3.8, 4) is 0 Å². The summed E-state index contributed by atoms with van der Waals surface area (Å²) >= 11 is 0. The largest absolute Gasteiger partial charge is 0.467 e. The molecular formula is C11H12ClF3N4O2. The van der Waals surface area contributed by atoms with Crippen LogP contribution in [0.4, 0.5) is 18.9 Å². The van der Waals surface area contributed by atoms with Crippen molar-refractivity contribution >= 4 is 24.0 Å². The number of carbonyl (C=O) groups is 1. The number of aromatic nitrogens is 2. The maximum absolute atomic E-state index is 12.1. The van der Waals surface area contributed by atoms with E-state index in [0.29, 0.717) is 10.4 Å². The first-order valence-corrected chi connectivity index (χ1v) is 5.55. The molecule has 2 heterocycles. The van der Waals surface area contributed by atoms with Gasteiger partial charge in [0.1, 0.15) is 18.6 Å². The van der Waals surface area contributed by atoms with Crippen LogP contribution in [0.5, 0.6) is 0 Å². The van der Waals surface area contributed by atoms with Crippen LogP contribution in [0.3, 0.4) is 0 Å². The minimum absolute atomic E-state index is 0. The average Bonchev–Trinajstić information content (AvgIpc) is 2.96. The molecule has 0 spiro atoms. The third-order valence-corrected chi connectivity index (χ3v) is 2.35. The second kappa shape index (κ2) is 6.64. The van der Waals surface area contributed by atoms with E-state index in [1.165, 1.54) is 12.3 Å². The lowest BCUT2D eigenvalue weighted by atomic mass is 10.3. The van der Waals surface area contributed by atoms with Crippen molar-refractivity contribution in [2.24, 2.45) is 5.73 Å². The van der Waals surface area contributed by atoms with Crippen molar-refractivity contribution in [3.63, 3.8) is 0 Å². The van der Waals surface area contributed by atoms with Crippen LogP contribution in [0.1, 0.15) is 16.1 Å². The molecule has 2 rings (SSSR count). The van der Waals surface area contributed by atoms with E-state index in [-0.39, 0.29) is 30.2 Å². The number of furan rings is 1. The van der Waals surface area contributed by atoms with Crippen molar-refractivity contribution in [1.82, 2.24) is 9.78 Å². The third-order valence-electron chi connectivity index (χ3n) is 2.35. The standard InChI is InChI=1S/C11H11F3N4O2.ClH/c12-11(13,14)6-18-4-8(3-16-18)17-10(19)7-1-9(2-15)20-5-7;/h1,3-5H,2,6,15H2,(H,17,19);1H. The number of rotatable bonds is 4. The van der Waals surface area contributed by atoms with Gasteiger partial charge in [-0.3, -0.25) is 9.48 Å². The molecule has 0 bridgehead atoms. The molecule has 6 nitrogen and oxygen atoms in total. The lowest BCUT2D eigenvalue weighted by Crippen LogP contribution is -2.17. The van der Waals surface area contributed by atoms with Crippen LogP contribution < -0.4 is 11.1 Å². The van der Waals surface area contributed by atoms with Crippen molar-refractivity contribution in [2.45, 2.75) is 19.3 Å². The van der Waals surface area contributed by atoms with Gasteiger partial charge in [0, 0.05) is 6.20 Å². The first-order chi connectivity index (χ1) is 9.37. The summed E-state index contributed by atoms with van der Waals surface area (Å²) in [6.45, 7) is -1.07. The molecule has 0 saturated heterocycles. The predicted octanol–water partition coefficient (Wildman–Crippen LogP) is 2.17. The van der Waals surface area contributed by atoms with Crippen molar-refractivity contribution in [2.75, 3.05) is 5.32 Å². The van der Waals surface area contributed by atoms with Crippen molar-refractivity contribution < 1.29 is 22.4 Å². The fraction of sp³-hybridized carbons (Fsp3) is 0.273. The topological polar surface area (TPSA) is 86.1 Å². The molecule has 1 amide bonds. The zero-order chi connectivity index (χ0) is 14.8. The Bertz CT molecular complexity index is 609. The zero-order valence-electron chi connectivity index (χ0n) is 10.6. The molecular weight excluding hydrogens is 313 g/mol. The number of alkyl halides is 3. The number of hydrogen-bond acceptors (Lipinski definition) is 4. The summed E-state index contributed by atoms with van der Waals surface area (Å²) in [6, 6.07) is 1.45. The molecule has 0 radical (unpaired) electrons. The Labute approximate surface area is 123 Å². The molecule has 2 aromatic rings. The minimum atomic E-state index is -4.37. The molecule has 10 heteroatoms. The number of hydrogen-bond donors (Lipinski definition) is 2. The summed E-state index contributed by atoms with van der Waals surface area (Å²) in [5.41, 5.74) is 5.73. The molecule has 2 aromatic heterocycles. The summed E-state index contributed by atoms with van der Waals surface area (Å²) in [5.74, 6) is -0.0806. The Kier molecular flexibility index (Phi) is 5.39. The highest BCUT2D eigenvalue weighted by Gasteiger charge is 2.28. The maximum atomic E-state index is 12.1. The average molecular weight is 325 g/mol. The van der Waals surface area contributed by atoms with Gasteiger partial charge < -0.3 is 15.5 Å². The van der Waals surface area contributed by atoms with E-state index in [0.717, 1.165) is 12.4 Å². The molecule has 0 aliphatic heterocycles. The number of anilines is 1. The number of halogens is 4. The highest BCUT2D eigenvalue weighted by molar-refractivity contribution is 6.03. The van der Waals surface area contributed by atoms with Crippen LogP contribution in [0.15, 0.2) is 29.1 Å². The van der Waals surface area contributed by atoms with E-state index in [2.05, 4.69) is 10.4 Å². The Morgan fingerprint density at radius 1 is 1.48 bits per heavy atom. The Balaban J connectivity index is 0.00000220. The molecule has 0 fully saturated rings. The molecule has 0 aliphatic rings. The zero-order valence-corrected chi connectivity index (χ0v) is 11.4. The van der Waals surface area contributed by atoms with Crippen molar-refractivity contribution in [1.29, 1.82) is 0 Å². The molecule has 0 aromatic carbocycles. The van der Waals surface area contributed by atoms with Gasteiger partial charge in [0.05, 0.1) is 24.0 Å². The van der Waals surface area contributed by atoms with Gasteiger partial charge in [0.2, 0.25) is 0 Å². The molecule has 116 valence electrons. The maximum Gasteiger partial charge on any atom is 0.408 e. The second-order valence-electron chi connectivity index (χ2n) is 4.00. The van der Waals surface area contributed by atoms with Gasteiger partial charge in [0.25, 0.3) is 5.91 Å². The van der Waals surface area contributed by atoms with Gasteiger partial charge in [-0.2, -0.15) is 18.3 Å². The lowest BCUT2D eigenvalue weighted by Gasteiger charge is -2.05. The van der Waals surface area contributed by atoms with Gasteiger partial charge in [-0.15, -0.1) is 12.4 Å². The summed E-state index contributed by atoms with van der Waals surface area (Å²) in [6.07, 6.45) is -0.922. The van der Waals surface area contributed by atoms with E-state index < -0.39 is 18.6 Å². The SMILES string of the molecule is Cl.NCc1cc(C(=O)Nc2cnn(CC(F)(F)F)c2)co1. The number of nitrogens with zero attached hydrogens (tertiary/aromatic N) is 2. The van der Waals surface area contributed by atoms with Gasteiger partial charge in [-0.1, -0.05) is 0 Å². The van der Waals surface area contributed by atoms with Crippen LogP contribution in [0, 0.1) is 0 Å². The molecule has 0 saturated carbocycles. The molecule has 0 unspecified atom stereocenters. The van der Waals surface area contributed by atoms with Crippen LogP contribution in [-0.2, 0) is 13.1 Å². The van der Waals surface area contributed by atoms with Crippen LogP contribution >= 0.6 is 12.4 Å². The number of carbonyl (C=O) groups excluding carboxylic acids is 1. The monoisotopic (exact) mass is 324 g/mol. The van der Waals surface area contributed by atoms with Gasteiger partial charge in [-0.25, -0.2) is 0 Å². The lowest BCUT2D eigenvalue weighted by molar-refractivity contribution is -0.142. The Morgan fingerprint density at radius 2 is 2.19 bits per heavy atom. The molecule has 21 heavy (non-hydrogen) atoms. The quantitative estimate of drug-likeness (QED) is 0.902. The molecule has 0 atom stereocenters. The van der Waals surface area contributed by atoms with E-state index in [4.69, 9.17) is 10.2 Å². The minimum Gasteiger partial charge on any atom is -0.467 e. The van der Waals surface area contributed by atoms with Crippen LogP contribution in [-0.4, -0.2) is 21.9 Å². The van der Waals surface area contributed by atoms with E-state index in [1.807, 2.05) is 0 Å². The Morgan fingerprint density at radius 3 is 2.76 bits per heavy atom. The fourth-order valence-electron chi connectivity index (χ4n) is 1.51.